The molecule has 0 aliphatic carbocycles. The molecule has 0 fully saturated rings. The number of nitrogens with two attached hydrogens (primary N) is 1. The van der Waals surface area contributed by atoms with Crippen molar-refractivity contribution in [2.24, 2.45) is 0 Å². The minimum atomic E-state index is 0.394. The molecule has 1 heterocycles. The van der Waals surface area contributed by atoms with Gasteiger partial charge in [-0.25, -0.2) is 0 Å². The summed E-state index contributed by atoms with van der Waals surface area (Å²) >= 11 is 0. The predicted molar refractivity (Wildman–Crippen MR) is 78.2 cm³/mol. The number of rotatable bonds is 5. The average molecular weight is 259 g/mol. The number of nitrogen functional groups attached to an aromatic ring is 1. The Hall–Kier alpha value is -1.97. The van der Waals surface area contributed by atoms with Crippen molar-refractivity contribution < 1.29 is 4.74 Å². The molecule has 102 valence electrons. The molecule has 0 saturated heterocycles. The monoisotopic (exact) mass is 259 g/mol. The van der Waals surface area contributed by atoms with Gasteiger partial charge in [-0.2, -0.15) is 5.10 Å². The van der Waals surface area contributed by atoms with Crippen molar-refractivity contribution >= 4 is 5.69 Å². The van der Waals surface area contributed by atoms with Crippen molar-refractivity contribution in [3.63, 3.8) is 0 Å². The van der Waals surface area contributed by atoms with Gasteiger partial charge in [0.05, 0.1) is 18.8 Å². The molecule has 0 spiro atoms. The maximum Gasteiger partial charge on any atom is 0.128 e. The fourth-order valence-electron chi connectivity index (χ4n) is 2.31. The first kappa shape index (κ1) is 13.5. The SMILES string of the molecule is CCC(CC)n1cc(N)c(-c2ccccc2OC)n1. The van der Waals surface area contributed by atoms with Crippen molar-refractivity contribution in [3.05, 3.63) is 30.5 Å². The van der Waals surface area contributed by atoms with Gasteiger partial charge in [0.1, 0.15) is 11.4 Å². The largest absolute Gasteiger partial charge is 0.496 e. The third kappa shape index (κ3) is 2.57. The molecule has 0 radical (unpaired) electrons. The highest BCUT2D eigenvalue weighted by Gasteiger charge is 2.15. The topological polar surface area (TPSA) is 53.1 Å². The molecule has 19 heavy (non-hydrogen) atoms. The maximum absolute atomic E-state index is 6.11. The van der Waals surface area contributed by atoms with E-state index in [1.54, 1.807) is 7.11 Å². The second-order valence-electron chi connectivity index (χ2n) is 4.58. The lowest BCUT2D eigenvalue weighted by molar-refractivity contribution is 0.415. The van der Waals surface area contributed by atoms with E-state index in [1.807, 2.05) is 35.1 Å². The van der Waals surface area contributed by atoms with Gasteiger partial charge in [0.2, 0.25) is 0 Å². The Morgan fingerprint density at radius 1 is 1.26 bits per heavy atom. The highest BCUT2D eigenvalue weighted by molar-refractivity contribution is 5.76. The highest BCUT2D eigenvalue weighted by Crippen LogP contribution is 2.33. The van der Waals surface area contributed by atoms with Crippen LogP contribution in [0.5, 0.6) is 5.75 Å². The summed E-state index contributed by atoms with van der Waals surface area (Å²) in [5, 5.41) is 4.64. The van der Waals surface area contributed by atoms with Crippen LogP contribution < -0.4 is 10.5 Å². The van der Waals surface area contributed by atoms with Crippen LogP contribution in [0.4, 0.5) is 5.69 Å². The molecule has 2 aromatic rings. The minimum Gasteiger partial charge on any atom is -0.496 e. The predicted octanol–water partition coefficient (Wildman–Crippen LogP) is 3.50. The molecule has 2 rings (SSSR count). The van der Waals surface area contributed by atoms with Gasteiger partial charge in [-0.3, -0.25) is 4.68 Å². The van der Waals surface area contributed by atoms with E-state index in [2.05, 4.69) is 18.9 Å². The first-order valence-electron chi connectivity index (χ1n) is 6.69. The summed E-state index contributed by atoms with van der Waals surface area (Å²) in [6, 6.07) is 8.20. The first-order chi connectivity index (χ1) is 9.21. The van der Waals surface area contributed by atoms with Crippen LogP contribution in [0.2, 0.25) is 0 Å². The first-order valence-corrected chi connectivity index (χ1v) is 6.69. The molecule has 2 N–H and O–H groups in total. The number of hydrogen-bond acceptors (Lipinski definition) is 3. The molecular weight excluding hydrogens is 238 g/mol. The van der Waals surface area contributed by atoms with E-state index < -0.39 is 0 Å². The van der Waals surface area contributed by atoms with E-state index in [1.165, 1.54) is 0 Å². The molecule has 4 heteroatoms. The van der Waals surface area contributed by atoms with Crippen molar-refractivity contribution in [2.75, 3.05) is 12.8 Å². The highest BCUT2D eigenvalue weighted by atomic mass is 16.5. The number of para-hydroxylation sites is 1. The Morgan fingerprint density at radius 3 is 2.58 bits per heavy atom. The zero-order chi connectivity index (χ0) is 13.8. The van der Waals surface area contributed by atoms with E-state index in [-0.39, 0.29) is 0 Å². The fourth-order valence-corrected chi connectivity index (χ4v) is 2.31. The van der Waals surface area contributed by atoms with Crippen LogP contribution >= 0.6 is 0 Å². The van der Waals surface area contributed by atoms with Gasteiger partial charge in [-0.05, 0) is 25.0 Å². The Balaban J connectivity index is 2.45. The van der Waals surface area contributed by atoms with Gasteiger partial charge < -0.3 is 10.5 Å². The lowest BCUT2D eigenvalue weighted by Crippen LogP contribution is -2.07. The maximum atomic E-state index is 6.11. The third-order valence-corrected chi connectivity index (χ3v) is 3.44. The Morgan fingerprint density at radius 2 is 1.95 bits per heavy atom. The van der Waals surface area contributed by atoms with Crippen LogP contribution in [-0.4, -0.2) is 16.9 Å². The lowest BCUT2D eigenvalue weighted by Gasteiger charge is -2.12. The average Bonchev–Trinajstić information content (AvgIpc) is 2.82. The van der Waals surface area contributed by atoms with E-state index >= 15 is 0 Å². The molecule has 0 amide bonds. The summed E-state index contributed by atoms with van der Waals surface area (Å²) in [4.78, 5) is 0. The number of anilines is 1. The lowest BCUT2D eigenvalue weighted by atomic mass is 10.1. The van der Waals surface area contributed by atoms with Crippen molar-refractivity contribution in [2.45, 2.75) is 32.7 Å². The summed E-state index contributed by atoms with van der Waals surface area (Å²) in [5.41, 5.74) is 8.53. The van der Waals surface area contributed by atoms with E-state index in [0.29, 0.717) is 11.7 Å². The van der Waals surface area contributed by atoms with E-state index in [0.717, 1.165) is 29.8 Å². The van der Waals surface area contributed by atoms with Crippen molar-refractivity contribution in [1.29, 1.82) is 0 Å². The third-order valence-electron chi connectivity index (χ3n) is 3.44. The second-order valence-corrected chi connectivity index (χ2v) is 4.58. The Labute approximate surface area is 114 Å². The zero-order valence-electron chi connectivity index (χ0n) is 11.8. The van der Waals surface area contributed by atoms with Crippen LogP contribution in [0, 0.1) is 0 Å². The summed E-state index contributed by atoms with van der Waals surface area (Å²) in [6.45, 7) is 4.32. The molecule has 1 aromatic carbocycles. The van der Waals surface area contributed by atoms with Gasteiger partial charge in [0.25, 0.3) is 0 Å². The van der Waals surface area contributed by atoms with Gasteiger partial charge in [-0.15, -0.1) is 0 Å². The summed E-state index contributed by atoms with van der Waals surface area (Å²) in [5.74, 6) is 0.795. The van der Waals surface area contributed by atoms with Gasteiger partial charge in [0.15, 0.2) is 0 Å². The molecular formula is C15H21N3O. The van der Waals surface area contributed by atoms with E-state index in [4.69, 9.17) is 10.5 Å². The van der Waals surface area contributed by atoms with Crippen LogP contribution in [0.25, 0.3) is 11.3 Å². The molecule has 0 unspecified atom stereocenters. The molecule has 4 nitrogen and oxygen atoms in total. The fraction of sp³-hybridized carbons (Fsp3) is 0.400. The molecule has 0 saturated carbocycles. The normalized spacial score (nSPS) is 10.9. The summed E-state index contributed by atoms with van der Waals surface area (Å²) < 4.78 is 7.34. The van der Waals surface area contributed by atoms with Crippen LogP contribution in [0.1, 0.15) is 32.7 Å². The number of methoxy groups -OCH3 is 1. The van der Waals surface area contributed by atoms with Crippen molar-refractivity contribution in [3.8, 4) is 17.0 Å². The molecule has 0 atom stereocenters. The number of hydrogen-bond donors (Lipinski definition) is 1. The zero-order valence-corrected chi connectivity index (χ0v) is 11.8. The van der Waals surface area contributed by atoms with Gasteiger partial charge in [0, 0.05) is 11.8 Å². The van der Waals surface area contributed by atoms with Crippen LogP contribution in [-0.2, 0) is 0 Å². The molecule has 0 aliphatic rings. The molecule has 1 aromatic heterocycles. The smallest absolute Gasteiger partial charge is 0.128 e. The second kappa shape index (κ2) is 5.78. The Kier molecular flexibility index (Phi) is 4.10. The summed E-state index contributed by atoms with van der Waals surface area (Å²) in [7, 11) is 1.66. The number of ether oxygens (including phenoxy) is 1. The Bertz CT molecular complexity index is 544. The van der Waals surface area contributed by atoms with Crippen molar-refractivity contribution in [1.82, 2.24) is 9.78 Å². The van der Waals surface area contributed by atoms with Gasteiger partial charge >= 0.3 is 0 Å². The molecule has 0 aliphatic heterocycles. The number of benzene rings is 1. The molecule has 0 bridgehead atoms. The van der Waals surface area contributed by atoms with Crippen LogP contribution in [0.3, 0.4) is 0 Å². The van der Waals surface area contributed by atoms with E-state index in [9.17, 15) is 0 Å². The number of aromatic nitrogens is 2. The quantitative estimate of drug-likeness (QED) is 0.894. The number of nitrogens with zero attached hydrogens (tertiary/aromatic N) is 2. The summed E-state index contributed by atoms with van der Waals surface area (Å²) in [6.07, 6.45) is 4.01. The van der Waals surface area contributed by atoms with Gasteiger partial charge in [-0.1, -0.05) is 26.0 Å². The standard InChI is InChI=1S/C15H21N3O/c1-4-11(5-2)18-10-13(16)15(17-18)12-8-6-7-9-14(12)19-3/h6-11H,4-5,16H2,1-3H3. The van der Waals surface area contributed by atoms with Crippen LogP contribution in [0.15, 0.2) is 30.5 Å². The minimum absolute atomic E-state index is 0.394.